The highest BCUT2D eigenvalue weighted by Gasteiger charge is 2.30. The van der Waals surface area contributed by atoms with Gasteiger partial charge in [-0.2, -0.15) is 0 Å². The Kier molecular flexibility index (Phi) is 9.43. The van der Waals surface area contributed by atoms with Crippen LogP contribution in [0.25, 0.3) is 0 Å². The van der Waals surface area contributed by atoms with Gasteiger partial charge in [-0.1, -0.05) is 59.6 Å². The molecule has 220 valence electrons. The number of hydrogen-bond acceptors (Lipinski definition) is 6. The first kappa shape index (κ1) is 30.9. The molecular formula is C31H31Cl2N3O6. The molecule has 3 amide bonds. The molecule has 0 saturated heterocycles. The number of ether oxygens (including phenoxy) is 2. The SMILES string of the molecule is CN1C(=O)N(c2ccc(C[C@H](NC(=O)c3c(Cl)cccc3Cl)C(=O)OCOC(=O)C(C)(C)C)cc2)Cc2ccccc21. The van der Waals surface area contributed by atoms with E-state index in [0.717, 1.165) is 11.3 Å². The van der Waals surface area contributed by atoms with Crippen molar-refractivity contribution in [2.75, 3.05) is 23.6 Å². The van der Waals surface area contributed by atoms with Gasteiger partial charge in [-0.25, -0.2) is 9.59 Å². The third kappa shape index (κ3) is 7.03. The highest BCUT2D eigenvalue weighted by atomic mass is 35.5. The van der Waals surface area contributed by atoms with Crippen molar-refractivity contribution < 1.29 is 28.7 Å². The predicted molar refractivity (Wildman–Crippen MR) is 161 cm³/mol. The monoisotopic (exact) mass is 611 g/mol. The molecule has 4 rings (SSSR count). The minimum atomic E-state index is -1.17. The number of carbonyl (C=O) groups is 4. The van der Waals surface area contributed by atoms with Crippen molar-refractivity contribution >= 4 is 58.5 Å². The Morgan fingerprint density at radius 2 is 1.57 bits per heavy atom. The van der Waals surface area contributed by atoms with E-state index in [4.69, 9.17) is 32.7 Å². The van der Waals surface area contributed by atoms with E-state index in [1.165, 1.54) is 12.1 Å². The Labute approximate surface area is 254 Å². The fourth-order valence-electron chi connectivity index (χ4n) is 4.34. The molecule has 0 aliphatic carbocycles. The van der Waals surface area contributed by atoms with Crippen molar-refractivity contribution in [1.29, 1.82) is 0 Å². The summed E-state index contributed by atoms with van der Waals surface area (Å²) in [5.74, 6) is -2.03. The minimum Gasteiger partial charge on any atom is -0.427 e. The second-order valence-electron chi connectivity index (χ2n) is 10.8. The molecule has 1 heterocycles. The summed E-state index contributed by atoms with van der Waals surface area (Å²) in [4.78, 5) is 54.6. The average Bonchev–Trinajstić information content (AvgIpc) is 2.94. The van der Waals surface area contributed by atoms with Crippen LogP contribution in [-0.2, 0) is 32.0 Å². The van der Waals surface area contributed by atoms with E-state index in [1.54, 1.807) is 68.0 Å². The standard InChI is InChI=1S/C31H31Cl2N3O6/c1-31(2,3)29(39)42-18-41-28(38)24(34-27(37)26-22(32)9-7-10-23(26)33)16-19-12-14-21(15-13-19)36-17-20-8-5-6-11-25(20)35(4)30(36)40/h5-15,24H,16-18H2,1-4H3,(H,34,37)/t24-/m0/s1. The molecule has 1 aliphatic rings. The molecule has 1 atom stereocenters. The Bertz CT molecular complexity index is 1480. The van der Waals surface area contributed by atoms with Crippen molar-refractivity contribution in [3.63, 3.8) is 0 Å². The number of fused-ring (bicyclic) bond motifs is 1. The summed E-state index contributed by atoms with van der Waals surface area (Å²) in [7, 11) is 1.73. The van der Waals surface area contributed by atoms with Gasteiger partial charge in [0, 0.05) is 19.2 Å². The molecule has 3 aromatic carbocycles. The predicted octanol–water partition coefficient (Wildman–Crippen LogP) is 6.00. The van der Waals surface area contributed by atoms with Crippen molar-refractivity contribution in [2.45, 2.75) is 39.8 Å². The summed E-state index contributed by atoms with van der Waals surface area (Å²) in [6.07, 6.45) is 0.0385. The van der Waals surface area contributed by atoms with E-state index in [9.17, 15) is 19.2 Å². The number of nitrogens with one attached hydrogen (secondary N) is 1. The largest absolute Gasteiger partial charge is 0.427 e. The van der Waals surface area contributed by atoms with Crippen LogP contribution in [0, 0.1) is 5.41 Å². The van der Waals surface area contributed by atoms with Crippen LogP contribution in [0.5, 0.6) is 0 Å². The Morgan fingerprint density at radius 1 is 0.929 bits per heavy atom. The van der Waals surface area contributed by atoms with E-state index in [2.05, 4.69) is 5.32 Å². The van der Waals surface area contributed by atoms with Gasteiger partial charge in [0.05, 0.1) is 33.3 Å². The molecule has 3 aromatic rings. The number of amides is 3. The smallest absolute Gasteiger partial charge is 0.331 e. The van der Waals surface area contributed by atoms with E-state index in [-0.39, 0.29) is 28.1 Å². The number of esters is 2. The topological polar surface area (TPSA) is 105 Å². The Morgan fingerprint density at radius 3 is 2.21 bits per heavy atom. The first-order chi connectivity index (χ1) is 19.9. The van der Waals surface area contributed by atoms with Crippen LogP contribution >= 0.6 is 23.2 Å². The summed E-state index contributed by atoms with van der Waals surface area (Å²) in [6.45, 7) is 4.82. The number of hydrogen-bond donors (Lipinski definition) is 1. The Hall–Kier alpha value is -4.08. The lowest BCUT2D eigenvalue weighted by Gasteiger charge is -2.35. The number of carbonyl (C=O) groups excluding carboxylic acids is 4. The Balaban J connectivity index is 1.51. The third-order valence-electron chi connectivity index (χ3n) is 6.67. The van der Waals surface area contributed by atoms with Crippen LogP contribution in [0.3, 0.4) is 0 Å². The summed E-state index contributed by atoms with van der Waals surface area (Å²) in [5, 5.41) is 2.88. The number of halogens is 2. The molecular weight excluding hydrogens is 581 g/mol. The minimum absolute atomic E-state index is 0.0150. The maximum atomic E-state index is 13.1. The first-order valence-electron chi connectivity index (χ1n) is 13.2. The van der Waals surface area contributed by atoms with Gasteiger partial charge >= 0.3 is 18.0 Å². The first-order valence-corrected chi connectivity index (χ1v) is 13.9. The molecule has 1 N–H and O–H groups in total. The molecule has 0 saturated carbocycles. The van der Waals surface area contributed by atoms with Gasteiger partial charge in [0.15, 0.2) is 0 Å². The molecule has 0 bridgehead atoms. The molecule has 0 radical (unpaired) electrons. The molecule has 11 heteroatoms. The lowest BCUT2D eigenvalue weighted by Crippen LogP contribution is -2.45. The van der Waals surface area contributed by atoms with Crippen LogP contribution in [-0.4, -0.2) is 43.8 Å². The highest BCUT2D eigenvalue weighted by Crippen LogP contribution is 2.31. The van der Waals surface area contributed by atoms with Crippen molar-refractivity contribution in [3.05, 3.63) is 93.5 Å². The van der Waals surface area contributed by atoms with Crippen molar-refractivity contribution in [2.24, 2.45) is 5.41 Å². The zero-order valence-corrected chi connectivity index (χ0v) is 25.2. The summed E-state index contributed by atoms with van der Waals surface area (Å²) >= 11 is 12.4. The lowest BCUT2D eigenvalue weighted by atomic mass is 9.98. The molecule has 9 nitrogen and oxygen atoms in total. The van der Waals surface area contributed by atoms with E-state index >= 15 is 0 Å². The van der Waals surface area contributed by atoms with E-state index in [0.29, 0.717) is 17.8 Å². The van der Waals surface area contributed by atoms with Crippen LogP contribution in [0.4, 0.5) is 16.2 Å². The van der Waals surface area contributed by atoms with Gasteiger partial charge in [0.1, 0.15) is 6.04 Å². The van der Waals surface area contributed by atoms with E-state index in [1.807, 2.05) is 24.3 Å². The zero-order valence-electron chi connectivity index (χ0n) is 23.6. The van der Waals surface area contributed by atoms with Gasteiger partial charge in [-0.3, -0.25) is 19.4 Å². The van der Waals surface area contributed by atoms with Crippen LogP contribution in [0.15, 0.2) is 66.7 Å². The fourth-order valence-corrected chi connectivity index (χ4v) is 4.91. The van der Waals surface area contributed by atoms with Gasteiger partial charge in [0.25, 0.3) is 5.91 Å². The number of rotatable bonds is 8. The van der Waals surface area contributed by atoms with Gasteiger partial charge in [0.2, 0.25) is 6.79 Å². The molecule has 0 aromatic heterocycles. The molecule has 0 unspecified atom stereocenters. The zero-order chi connectivity index (χ0) is 30.6. The van der Waals surface area contributed by atoms with Crippen molar-refractivity contribution in [1.82, 2.24) is 5.32 Å². The quantitative estimate of drug-likeness (QED) is 0.247. The number of nitrogens with zero attached hydrogens (tertiary/aromatic N) is 2. The molecule has 0 fully saturated rings. The molecule has 42 heavy (non-hydrogen) atoms. The number of anilines is 2. The fraction of sp³-hybridized carbons (Fsp3) is 0.290. The van der Waals surface area contributed by atoms with Gasteiger partial charge in [-0.05, 0) is 62.2 Å². The van der Waals surface area contributed by atoms with Gasteiger partial charge < -0.3 is 14.8 Å². The third-order valence-corrected chi connectivity index (χ3v) is 7.30. The number of urea groups is 1. The maximum Gasteiger partial charge on any atom is 0.331 e. The normalized spacial score (nSPS) is 13.7. The molecule has 1 aliphatic heterocycles. The second kappa shape index (κ2) is 12.8. The lowest BCUT2D eigenvalue weighted by molar-refractivity contribution is -0.174. The highest BCUT2D eigenvalue weighted by molar-refractivity contribution is 6.39. The van der Waals surface area contributed by atoms with Crippen LogP contribution in [0.1, 0.15) is 42.3 Å². The van der Waals surface area contributed by atoms with Gasteiger partial charge in [-0.15, -0.1) is 0 Å². The summed E-state index contributed by atoms with van der Waals surface area (Å²) in [6, 6.07) is 18.1. The van der Waals surface area contributed by atoms with Crippen LogP contribution in [0.2, 0.25) is 10.0 Å². The summed E-state index contributed by atoms with van der Waals surface area (Å²) < 4.78 is 10.3. The average molecular weight is 613 g/mol. The molecule has 0 spiro atoms. The van der Waals surface area contributed by atoms with E-state index < -0.39 is 36.1 Å². The number of benzene rings is 3. The van der Waals surface area contributed by atoms with Crippen LogP contribution < -0.4 is 15.1 Å². The maximum absolute atomic E-state index is 13.1. The second-order valence-corrected chi connectivity index (χ2v) is 11.6. The van der Waals surface area contributed by atoms with Crippen molar-refractivity contribution in [3.8, 4) is 0 Å². The summed E-state index contributed by atoms with van der Waals surface area (Å²) in [5.41, 5.74) is 2.45. The number of para-hydroxylation sites is 1.